The summed E-state index contributed by atoms with van der Waals surface area (Å²) >= 11 is 12.7. The molecule has 5 nitrogen and oxygen atoms in total. The van der Waals surface area contributed by atoms with Gasteiger partial charge >= 0.3 is 0 Å². The van der Waals surface area contributed by atoms with Crippen LogP contribution in [0.15, 0.2) is 59.5 Å². The number of nitrogens with one attached hydrogen (secondary N) is 1. The molecule has 2 N–H and O–H groups in total. The van der Waals surface area contributed by atoms with E-state index in [1.807, 2.05) is 48.5 Å². The quantitative estimate of drug-likeness (QED) is 0.465. The van der Waals surface area contributed by atoms with Crippen molar-refractivity contribution >= 4 is 57.8 Å². The van der Waals surface area contributed by atoms with Gasteiger partial charge in [-0.2, -0.15) is 0 Å². The molecule has 0 aromatic heterocycles. The number of carbonyl (C=O) groups is 2. The second kappa shape index (κ2) is 10.7. The zero-order valence-electron chi connectivity index (χ0n) is 16.1. The second-order valence-electron chi connectivity index (χ2n) is 6.74. The van der Waals surface area contributed by atoms with Gasteiger partial charge < -0.3 is 10.4 Å². The molecule has 1 atom stereocenters. The van der Waals surface area contributed by atoms with Gasteiger partial charge in [-0.1, -0.05) is 84.1 Å². The smallest absolute Gasteiger partial charge is 0.266 e. The molecule has 1 aliphatic heterocycles. The van der Waals surface area contributed by atoms with Gasteiger partial charge in [-0.3, -0.25) is 14.5 Å². The van der Waals surface area contributed by atoms with Crippen molar-refractivity contribution in [3.63, 3.8) is 0 Å². The van der Waals surface area contributed by atoms with Gasteiger partial charge in [0.05, 0.1) is 17.6 Å². The summed E-state index contributed by atoms with van der Waals surface area (Å²) in [7, 11) is 0. The number of amides is 2. The fourth-order valence-corrected chi connectivity index (χ4v) is 4.49. The van der Waals surface area contributed by atoms with Crippen molar-refractivity contribution in [2.24, 2.45) is 0 Å². The van der Waals surface area contributed by atoms with Crippen LogP contribution in [0.1, 0.15) is 17.5 Å². The number of halogens is 1. The first-order valence-corrected chi connectivity index (χ1v) is 11.0. The van der Waals surface area contributed by atoms with Gasteiger partial charge in [0.1, 0.15) is 4.32 Å². The standard InChI is InChI=1S/C22H21ClN2O3S2/c23-18-9-5-4-8-16(18)13-19-21(28)25(22(29)30-19)11-10-20(27)24-17(14-26)12-15-6-2-1-3-7-15/h1-9,13,17,26H,10-12,14H2,(H,24,27)/b19-13-/t17-/m0/s1. The first kappa shape index (κ1) is 22.5. The Bertz CT molecular complexity index is 966. The van der Waals surface area contributed by atoms with Crippen LogP contribution in [0.3, 0.4) is 0 Å². The Morgan fingerprint density at radius 2 is 1.90 bits per heavy atom. The largest absolute Gasteiger partial charge is 0.394 e. The van der Waals surface area contributed by atoms with Gasteiger partial charge in [0, 0.05) is 18.0 Å². The van der Waals surface area contributed by atoms with Crippen molar-refractivity contribution in [2.45, 2.75) is 18.9 Å². The van der Waals surface area contributed by atoms with Crippen LogP contribution in [0.4, 0.5) is 0 Å². The third kappa shape index (κ3) is 5.92. The van der Waals surface area contributed by atoms with Crippen LogP contribution in [-0.4, -0.2) is 45.3 Å². The number of nitrogens with zero attached hydrogens (tertiary/aromatic N) is 1. The lowest BCUT2D eigenvalue weighted by Gasteiger charge is -2.18. The van der Waals surface area contributed by atoms with E-state index in [1.165, 1.54) is 16.7 Å². The molecule has 0 bridgehead atoms. The number of rotatable bonds is 8. The van der Waals surface area contributed by atoms with E-state index in [0.717, 1.165) is 11.1 Å². The van der Waals surface area contributed by atoms with Gasteiger partial charge in [-0.05, 0) is 29.7 Å². The summed E-state index contributed by atoms with van der Waals surface area (Å²) in [6.07, 6.45) is 2.34. The van der Waals surface area contributed by atoms with Crippen LogP contribution < -0.4 is 5.32 Å². The van der Waals surface area contributed by atoms with E-state index >= 15 is 0 Å². The second-order valence-corrected chi connectivity index (χ2v) is 8.82. The van der Waals surface area contributed by atoms with Gasteiger partial charge in [0.25, 0.3) is 5.91 Å². The Morgan fingerprint density at radius 3 is 2.60 bits per heavy atom. The maximum Gasteiger partial charge on any atom is 0.266 e. The van der Waals surface area contributed by atoms with Crippen LogP contribution in [-0.2, 0) is 16.0 Å². The van der Waals surface area contributed by atoms with Crippen LogP contribution in [0.5, 0.6) is 0 Å². The number of aliphatic hydroxyl groups is 1. The monoisotopic (exact) mass is 460 g/mol. The van der Waals surface area contributed by atoms with Gasteiger partial charge in [-0.15, -0.1) is 0 Å². The molecule has 0 aliphatic carbocycles. The van der Waals surface area contributed by atoms with Crippen molar-refractivity contribution in [2.75, 3.05) is 13.2 Å². The molecule has 2 aromatic rings. The lowest BCUT2D eigenvalue weighted by molar-refractivity contribution is -0.124. The van der Waals surface area contributed by atoms with Crippen LogP contribution in [0, 0.1) is 0 Å². The SMILES string of the molecule is O=C(CCN1C(=O)/C(=C/c2ccccc2Cl)SC1=S)N[C@H](CO)Cc1ccccc1. The fraction of sp³-hybridized carbons (Fsp3) is 0.227. The predicted octanol–water partition coefficient (Wildman–Crippen LogP) is 3.65. The molecule has 156 valence electrons. The zero-order chi connectivity index (χ0) is 21.5. The van der Waals surface area contributed by atoms with E-state index in [1.54, 1.807) is 12.1 Å². The molecule has 2 amide bonds. The summed E-state index contributed by atoms with van der Waals surface area (Å²) in [6.45, 7) is 0.0160. The van der Waals surface area contributed by atoms with Crippen molar-refractivity contribution in [3.05, 3.63) is 75.7 Å². The summed E-state index contributed by atoms with van der Waals surface area (Å²) in [4.78, 5) is 26.9. The highest BCUT2D eigenvalue weighted by molar-refractivity contribution is 8.26. The minimum Gasteiger partial charge on any atom is -0.394 e. The third-order valence-corrected chi connectivity index (χ3v) is 6.26. The number of thiocarbonyl (C=S) groups is 1. The highest BCUT2D eigenvalue weighted by Crippen LogP contribution is 2.33. The van der Waals surface area contributed by atoms with E-state index in [4.69, 9.17) is 23.8 Å². The average molecular weight is 461 g/mol. The Labute approximate surface area is 190 Å². The summed E-state index contributed by atoms with van der Waals surface area (Å²) in [5.74, 6) is -0.477. The Hall–Kier alpha value is -2.19. The number of carbonyl (C=O) groups excluding carboxylic acids is 2. The molecule has 1 fully saturated rings. The van der Waals surface area contributed by atoms with Crippen LogP contribution >= 0.6 is 35.6 Å². The minimum atomic E-state index is -0.383. The molecular formula is C22H21ClN2O3S2. The van der Waals surface area contributed by atoms with Crippen LogP contribution in [0.25, 0.3) is 6.08 Å². The molecule has 0 saturated carbocycles. The molecule has 0 unspecified atom stereocenters. The highest BCUT2D eigenvalue weighted by Gasteiger charge is 2.32. The molecule has 3 rings (SSSR count). The van der Waals surface area contributed by atoms with Crippen molar-refractivity contribution in [1.29, 1.82) is 0 Å². The van der Waals surface area contributed by atoms with Gasteiger partial charge in [0.2, 0.25) is 5.91 Å². The first-order chi connectivity index (χ1) is 14.5. The third-order valence-electron chi connectivity index (χ3n) is 4.54. The fourth-order valence-electron chi connectivity index (χ4n) is 3.00. The Kier molecular flexibility index (Phi) is 8.04. The predicted molar refractivity (Wildman–Crippen MR) is 125 cm³/mol. The number of hydrogen-bond donors (Lipinski definition) is 2. The lowest BCUT2D eigenvalue weighted by Crippen LogP contribution is -2.41. The highest BCUT2D eigenvalue weighted by atomic mass is 35.5. The summed E-state index contributed by atoms with van der Waals surface area (Å²) < 4.78 is 0.411. The average Bonchev–Trinajstić information content (AvgIpc) is 3.01. The maximum atomic E-state index is 12.7. The minimum absolute atomic E-state index is 0.0943. The van der Waals surface area contributed by atoms with E-state index in [2.05, 4.69) is 5.32 Å². The molecule has 0 spiro atoms. The van der Waals surface area contributed by atoms with E-state index in [-0.39, 0.29) is 37.4 Å². The van der Waals surface area contributed by atoms with E-state index in [0.29, 0.717) is 20.7 Å². The van der Waals surface area contributed by atoms with Crippen molar-refractivity contribution < 1.29 is 14.7 Å². The van der Waals surface area contributed by atoms with Crippen LogP contribution in [0.2, 0.25) is 5.02 Å². The first-order valence-electron chi connectivity index (χ1n) is 9.42. The Morgan fingerprint density at radius 1 is 1.20 bits per heavy atom. The molecular weight excluding hydrogens is 440 g/mol. The molecule has 8 heteroatoms. The summed E-state index contributed by atoms with van der Waals surface area (Å²) in [6, 6.07) is 16.5. The number of thioether (sulfide) groups is 1. The summed E-state index contributed by atoms with van der Waals surface area (Å²) in [5.41, 5.74) is 1.77. The number of hydrogen-bond acceptors (Lipinski definition) is 5. The van der Waals surface area contributed by atoms with Gasteiger partial charge in [0.15, 0.2) is 0 Å². The topological polar surface area (TPSA) is 69.6 Å². The van der Waals surface area contributed by atoms with Crippen molar-refractivity contribution in [3.8, 4) is 0 Å². The number of benzene rings is 2. The molecule has 2 aromatic carbocycles. The normalized spacial score (nSPS) is 16.2. The maximum absolute atomic E-state index is 12.7. The summed E-state index contributed by atoms with van der Waals surface area (Å²) in [5, 5.41) is 12.9. The van der Waals surface area contributed by atoms with Gasteiger partial charge in [-0.25, -0.2) is 0 Å². The Balaban J connectivity index is 1.56. The van der Waals surface area contributed by atoms with E-state index < -0.39 is 0 Å². The molecule has 1 aliphatic rings. The lowest BCUT2D eigenvalue weighted by atomic mass is 10.1. The molecule has 1 heterocycles. The molecule has 0 radical (unpaired) electrons. The van der Waals surface area contributed by atoms with Crippen molar-refractivity contribution in [1.82, 2.24) is 10.2 Å². The molecule has 30 heavy (non-hydrogen) atoms. The van der Waals surface area contributed by atoms with E-state index in [9.17, 15) is 14.7 Å². The number of aliphatic hydroxyl groups excluding tert-OH is 1. The zero-order valence-corrected chi connectivity index (χ0v) is 18.5. The molecule has 1 saturated heterocycles.